The monoisotopic (exact) mass is 724 g/mol. The molecule has 2 unspecified atom stereocenters. The van der Waals surface area contributed by atoms with Gasteiger partial charge in [0.15, 0.2) is 6.29 Å². The van der Waals surface area contributed by atoms with E-state index in [1.807, 2.05) is 71.2 Å². The number of aromatic amines is 1. The van der Waals surface area contributed by atoms with Gasteiger partial charge in [0, 0.05) is 76.1 Å². The molecule has 13 nitrogen and oxygen atoms in total. The van der Waals surface area contributed by atoms with E-state index in [1.54, 1.807) is 6.20 Å². The molecule has 1 aromatic carbocycles. The molecule has 3 amide bonds. The van der Waals surface area contributed by atoms with Gasteiger partial charge in [-0.2, -0.15) is 0 Å². The molecule has 0 bridgehead atoms. The van der Waals surface area contributed by atoms with Crippen molar-refractivity contribution in [2.45, 2.75) is 91.0 Å². The molecule has 2 aromatic rings. The van der Waals surface area contributed by atoms with Gasteiger partial charge < -0.3 is 31.1 Å². The lowest BCUT2D eigenvalue weighted by Gasteiger charge is -2.37. The number of imide groups is 1. The van der Waals surface area contributed by atoms with Crippen LogP contribution in [-0.2, 0) is 32.0 Å². The Labute approximate surface area is 309 Å². The first kappa shape index (κ1) is 42.9. The number of aliphatic hydroxyl groups excluding tert-OH is 2. The largest absolute Gasteiger partial charge is 0.391 e. The predicted molar refractivity (Wildman–Crippen MR) is 200 cm³/mol. The number of β-amino-alcohol motifs (C(OH)–C–C–N with tert-alkyl or cyclic N) is 1. The number of aliphatic hydroxyl groups is 2. The number of aromatic nitrogens is 2. The molecule has 1 aromatic heterocycles. The predicted octanol–water partition coefficient (Wildman–Crippen LogP) is 1.79. The third kappa shape index (κ3) is 13.5. The number of rotatable bonds is 21. The Morgan fingerprint density at radius 3 is 2.23 bits per heavy atom. The third-order valence-corrected chi connectivity index (χ3v) is 10.2. The second kappa shape index (κ2) is 21.3. The minimum absolute atomic E-state index is 0.0199. The molecule has 1 fully saturated rings. The number of piperazine rings is 1. The Kier molecular flexibility index (Phi) is 17.6. The summed E-state index contributed by atoms with van der Waals surface area (Å²) in [6, 6.07) is 7.73. The fourth-order valence-corrected chi connectivity index (χ4v) is 6.75. The van der Waals surface area contributed by atoms with E-state index in [9.17, 15) is 29.4 Å². The maximum absolute atomic E-state index is 14.6. The number of nitrogens with two attached hydrogens (primary N) is 1. The summed E-state index contributed by atoms with van der Waals surface area (Å²) in [6.07, 6.45) is 3.82. The fraction of sp³-hybridized carbons (Fsp3) is 0.667. The van der Waals surface area contributed by atoms with E-state index in [4.69, 9.17) is 5.73 Å². The van der Waals surface area contributed by atoms with Crippen molar-refractivity contribution in [2.24, 2.45) is 35.3 Å². The Morgan fingerprint density at radius 1 is 0.981 bits per heavy atom. The van der Waals surface area contributed by atoms with E-state index in [1.165, 1.54) is 11.2 Å². The van der Waals surface area contributed by atoms with E-state index in [-0.39, 0.29) is 44.1 Å². The zero-order valence-electron chi connectivity index (χ0n) is 31.9. The van der Waals surface area contributed by atoms with Crippen LogP contribution in [0.5, 0.6) is 0 Å². The quantitative estimate of drug-likeness (QED) is 0.127. The zero-order valence-corrected chi connectivity index (χ0v) is 31.9. The highest BCUT2D eigenvalue weighted by Gasteiger charge is 2.39. The molecular weight excluding hydrogens is 662 g/mol. The minimum Gasteiger partial charge on any atom is -0.391 e. The maximum Gasteiger partial charge on any atom is 0.237 e. The molecule has 52 heavy (non-hydrogen) atoms. The number of carbonyl (C=O) groups excluding carboxylic acids is 4. The Morgan fingerprint density at radius 2 is 1.65 bits per heavy atom. The van der Waals surface area contributed by atoms with E-state index in [0.717, 1.165) is 31.7 Å². The van der Waals surface area contributed by atoms with Crippen LogP contribution in [0.25, 0.3) is 0 Å². The summed E-state index contributed by atoms with van der Waals surface area (Å²) >= 11 is 0. The van der Waals surface area contributed by atoms with E-state index in [0.29, 0.717) is 18.7 Å². The normalized spacial score (nSPS) is 18.3. The van der Waals surface area contributed by atoms with E-state index in [2.05, 4.69) is 32.1 Å². The lowest BCUT2D eigenvalue weighted by molar-refractivity contribution is -0.153. The van der Waals surface area contributed by atoms with Gasteiger partial charge in [0.25, 0.3) is 0 Å². The highest BCUT2D eigenvalue weighted by atomic mass is 16.3. The van der Waals surface area contributed by atoms with E-state index >= 15 is 0 Å². The summed E-state index contributed by atoms with van der Waals surface area (Å²) in [7, 11) is 2.06. The first-order valence-electron chi connectivity index (χ1n) is 18.7. The Balaban J connectivity index is 1.86. The standard InChI is InChI=1S/C39H62N7O6/c1-26(2)18-34(43-37(50)33(40)20-31-22-41-25-42-31)35(48)21-32(27(3)4)39(52)46(23-28(5)36(49)24-45-15-13-44(6)14-16-45)38(51)30(12-17-47)19-29-10-8-7-9-11-29/h7-11,22,25-28,30,32-36,48-49H,12-16,18-21,23-24,40H2,1-6H3,(H,41,42)(H,43,50)/t28-,30?,32?,33-,34-,35-,36+/m0/s1. The van der Waals surface area contributed by atoms with Crippen molar-refractivity contribution in [3.63, 3.8) is 0 Å². The summed E-state index contributed by atoms with van der Waals surface area (Å²) in [6.45, 7) is 13.3. The second-order valence-electron chi connectivity index (χ2n) is 15.4. The molecule has 13 heteroatoms. The number of likely N-dealkylation sites (N-methyl/N-ethyl adjacent to an activating group) is 1. The molecule has 0 saturated carbocycles. The van der Waals surface area contributed by atoms with Crippen LogP contribution in [0.1, 0.15) is 65.1 Å². The number of hydrogen-bond acceptors (Lipinski definition) is 10. The van der Waals surface area contributed by atoms with Crippen LogP contribution < -0.4 is 11.1 Å². The van der Waals surface area contributed by atoms with Gasteiger partial charge >= 0.3 is 0 Å². The number of hydrogen-bond donors (Lipinski definition) is 5. The van der Waals surface area contributed by atoms with Crippen molar-refractivity contribution in [1.29, 1.82) is 0 Å². The lowest BCUT2D eigenvalue weighted by atomic mass is 9.84. The summed E-state index contributed by atoms with van der Waals surface area (Å²) in [5.74, 6) is -3.71. The number of imidazole rings is 1. The lowest BCUT2D eigenvalue weighted by Crippen LogP contribution is -2.53. The number of H-pyrrole nitrogens is 1. The summed E-state index contributed by atoms with van der Waals surface area (Å²) in [5, 5.41) is 25.9. The number of amides is 3. The van der Waals surface area contributed by atoms with Crippen molar-refractivity contribution in [2.75, 3.05) is 46.3 Å². The first-order valence-corrected chi connectivity index (χ1v) is 18.7. The van der Waals surface area contributed by atoms with Crippen LogP contribution in [0, 0.1) is 29.6 Å². The topological polar surface area (TPSA) is 185 Å². The summed E-state index contributed by atoms with van der Waals surface area (Å²) < 4.78 is 0. The van der Waals surface area contributed by atoms with Crippen molar-refractivity contribution in [3.05, 3.63) is 54.1 Å². The average Bonchev–Trinajstić information content (AvgIpc) is 3.62. The number of nitrogens with one attached hydrogen (secondary N) is 2. The fourth-order valence-electron chi connectivity index (χ4n) is 6.75. The molecule has 1 aliphatic rings. The molecule has 0 spiro atoms. The third-order valence-electron chi connectivity index (χ3n) is 10.2. The van der Waals surface area contributed by atoms with Crippen molar-refractivity contribution in [3.8, 4) is 0 Å². The number of benzene rings is 1. The molecule has 1 saturated heterocycles. The highest BCUT2D eigenvalue weighted by molar-refractivity contribution is 5.98. The SMILES string of the molecule is CC(C)C[C@H](NC(=O)[C@@H](N)Cc1c[nH]cn1)[C@@H](O)CC(C(=O)N(C[C@H](C)[C@H](O)CN1CCN(C)CC1)C(=O)C(C[C]=O)Cc1ccccc1)C(C)C. The van der Waals surface area contributed by atoms with Crippen LogP contribution in [0.3, 0.4) is 0 Å². The van der Waals surface area contributed by atoms with Crippen LogP contribution in [0.4, 0.5) is 0 Å². The smallest absolute Gasteiger partial charge is 0.237 e. The van der Waals surface area contributed by atoms with Gasteiger partial charge in [0.05, 0.1) is 36.3 Å². The van der Waals surface area contributed by atoms with Gasteiger partial charge in [-0.15, -0.1) is 0 Å². The van der Waals surface area contributed by atoms with Crippen LogP contribution in [0.2, 0.25) is 0 Å². The van der Waals surface area contributed by atoms with Crippen LogP contribution >= 0.6 is 0 Å². The van der Waals surface area contributed by atoms with Crippen molar-refractivity contribution < 1.29 is 29.4 Å². The van der Waals surface area contributed by atoms with Gasteiger partial charge in [0.1, 0.15) is 0 Å². The number of nitrogens with zero attached hydrogens (tertiary/aromatic N) is 4. The molecule has 3 rings (SSSR count). The van der Waals surface area contributed by atoms with Crippen LogP contribution in [0.15, 0.2) is 42.9 Å². The molecule has 1 radical (unpaired) electrons. The number of carbonyl (C=O) groups is 3. The Bertz CT molecular complexity index is 1370. The van der Waals surface area contributed by atoms with Crippen molar-refractivity contribution in [1.82, 2.24) is 30.0 Å². The molecule has 1 aliphatic heterocycles. The minimum atomic E-state index is -1.12. The second-order valence-corrected chi connectivity index (χ2v) is 15.4. The van der Waals surface area contributed by atoms with Gasteiger partial charge in [0.2, 0.25) is 17.7 Å². The van der Waals surface area contributed by atoms with Gasteiger partial charge in [-0.1, -0.05) is 65.0 Å². The van der Waals surface area contributed by atoms with Crippen LogP contribution in [-0.4, -0.2) is 129 Å². The molecular formula is C39H62N7O6. The highest BCUT2D eigenvalue weighted by Crippen LogP contribution is 2.27. The molecule has 7 atom stereocenters. The zero-order chi connectivity index (χ0) is 38.4. The molecule has 289 valence electrons. The summed E-state index contributed by atoms with van der Waals surface area (Å²) in [4.78, 5) is 66.6. The summed E-state index contributed by atoms with van der Waals surface area (Å²) in [5.41, 5.74) is 7.69. The first-order chi connectivity index (χ1) is 24.7. The van der Waals surface area contributed by atoms with Gasteiger partial charge in [-0.05, 0) is 43.7 Å². The van der Waals surface area contributed by atoms with Gasteiger partial charge in [-0.3, -0.25) is 29.0 Å². The van der Waals surface area contributed by atoms with Crippen molar-refractivity contribution >= 4 is 24.0 Å². The van der Waals surface area contributed by atoms with Gasteiger partial charge in [-0.25, -0.2) is 4.98 Å². The molecule has 2 heterocycles. The van der Waals surface area contributed by atoms with E-state index < -0.39 is 59.8 Å². The average molecular weight is 725 g/mol. The molecule has 6 N–H and O–H groups in total. The Hall–Kier alpha value is -3.49. The maximum atomic E-state index is 14.6. The molecule has 0 aliphatic carbocycles.